The van der Waals surface area contributed by atoms with Crippen LogP contribution in [0, 0.1) is 0 Å². The molecule has 7 heteroatoms. The number of thiophene rings is 1. The standard InChI is InChI=1S/C20H26N4O2S/c1-11(2)15-13-9-26-20(3,4)8-12(13)14-16-17(27-19(14)24-15)18(23-10-22-16)21-6-5-7-25/h10-11,25H,5-9H2,1-4H3,(H,21,22,23). The van der Waals surface area contributed by atoms with Crippen molar-refractivity contribution in [2.75, 3.05) is 18.5 Å². The van der Waals surface area contributed by atoms with Gasteiger partial charge in [-0.05, 0) is 31.7 Å². The first kappa shape index (κ1) is 18.5. The zero-order valence-corrected chi connectivity index (χ0v) is 17.1. The van der Waals surface area contributed by atoms with Crippen LogP contribution in [0.5, 0.6) is 0 Å². The van der Waals surface area contributed by atoms with E-state index in [0.29, 0.717) is 25.5 Å². The largest absolute Gasteiger partial charge is 0.396 e. The molecule has 0 aliphatic carbocycles. The summed E-state index contributed by atoms with van der Waals surface area (Å²) in [4.78, 5) is 15.1. The van der Waals surface area contributed by atoms with Gasteiger partial charge in [-0.2, -0.15) is 0 Å². The lowest BCUT2D eigenvalue weighted by Gasteiger charge is -2.33. The molecule has 3 aromatic heterocycles. The van der Waals surface area contributed by atoms with Crippen molar-refractivity contribution in [2.45, 2.75) is 58.7 Å². The number of hydrogen-bond acceptors (Lipinski definition) is 7. The van der Waals surface area contributed by atoms with Gasteiger partial charge in [-0.15, -0.1) is 11.3 Å². The van der Waals surface area contributed by atoms with Crippen LogP contribution in [0.1, 0.15) is 56.9 Å². The number of aliphatic hydroxyl groups is 1. The van der Waals surface area contributed by atoms with E-state index in [1.807, 2.05) is 0 Å². The first-order valence-corrected chi connectivity index (χ1v) is 10.3. The molecular weight excluding hydrogens is 360 g/mol. The fraction of sp³-hybridized carbons (Fsp3) is 0.550. The molecule has 0 saturated heterocycles. The average Bonchev–Trinajstić information content (AvgIpc) is 3.00. The summed E-state index contributed by atoms with van der Waals surface area (Å²) in [6.45, 7) is 10.1. The summed E-state index contributed by atoms with van der Waals surface area (Å²) in [7, 11) is 0. The third-order valence-corrected chi connectivity index (χ3v) is 6.11. The van der Waals surface area contributed by atoms with Crippen LogP contribution in [-0.2, 0) is 17.8 Å². The van der Waals surface area contributed by atoms with Gasteiger partial charge in [0, 0.05) is 30.5 Å². The van der Waals surface area contributed by atoms with Gasteiger partial charge in [0.05, 0.1) is 28.1 Å². The lowest BCUT2D eigenvalue weighted by atomic mass is 9.87. The molecule has 144 valence electrons. The van der Waals surface area contributed by atoms with Crippen molar-refractivity contribution in [3.63, 3.8) is 0 Å². The second kappa shape index (κ2) is 6.96. The molecule has 0 radical (unpaired) electrons. The van der Waals surface area contributed by atoms with Gasteiger partial charge < -0.3 is 15.2 Å². The molecule has 0 fully saturated rings. The van der Waals surface area contributed by atoms with Crippen molar-refractivity contribution >= 4 is 37.6 Å². The molecule has 2 N–H and O–H groups in total. The Kier molecular flexibility index (Phi) is 4.78. The van der Waals surface area contributed by atoms with Gasteiger partial charge in [0.15, 0.2) is 0 Å². The summed E-state index contributed by atoms with van der Waals surface area (Å²) in [6, 6.07) is 0. The number of anilines is 1. The molecule has 4 heterocycles. The molecular formula is C20H26N4O2S. The smallest absolute Gasteiger partial charge is 0.147 e. The van der Waals surface area contributed by atoms with E-state index in [1.165, 1.54) is 11.1 Å². The van der Waals surface area contributed by atoms with Gasteiger partial charge in [0.2, 0.25) is 0 Å². The number of rotatable bonds is 5. The van der Waals surface area contributed by atoms with Crippen molar-refractivity contribution in [1.29, 1.82) is 0 Å². The zero-order valence-electron chi connectivity index (χ0n) is 16.3. The summed E-state index contributed by atoms with van der Waals surface area (Å²) in [5, 5.41) is 13.5. The fourth-order valence-electron chi connectivity index (χ4n) is 3.72. The van der Waals surface area contributed by atoms with Crippen molar-refractivity contribution in [2.24, 2.45) is 0 Å². The average molecular weight is 387 g/mol. The maximum absolute atomic E-state index is 9.04. The Labute approximate surface area is 163 Å². The van der Waals surface area contributed by atoms with Crippen LogP contribution in [0.4, 0.5) is 5.82 Å². The lowest BCUT2D eigenvalue weighted by molar-refractivity contribution is -0.0402. The van der Waals surface area contributed by atoms with E-state index in [2.05, 4.69) is 43.0 Å². The highest BCUT2D eigenvalue weighted by Crippen LogP contribution is 2.43. The highest BCUT2D eigenvalue weighted by atomic mass is 32.1. The Hall–Kier alpha value is -1.83. The van der Waals surface area contributed by atoms with E-state index in [-0.39, 0.29) is 12.2 Å². The molecule has 27 heavy (non-hydrogen) atoms. The van der Waals surface area contributed by atoms with Crippen molar-refractivity contribution in [1.82, 2.24) is 15.0 Å². The number of hydrogen-bond donors (Lipinski definition) is 2. The Morgan fingerprint density at radius 3 is 2.85 bits per heavy atom. The summed E-state index contributed by atoms with van der Waals surface area (Å²) < 4.78 is 7.14. The molecule has 0 aromatic carbocycles. The van der Waals surface area contributed by atoms with Gasteiger partial charge in [-0.25, -0.2) is 15.0 Å². The van der Waals surface area contributed by atoms with Gasteiger partial charge >= 0.3 is 0 Å². The zero-order chi connectivity index (χ0) is 19.2. The normalized spacial score (nSPS) is 16.2. The van der Waals surface area contributed by atoms with Crippen LogP contribution in [0.2, 0.25) is 0 Å². The monoisotopic (exact) mass is 386 g/mol. The Morgan fingerprint density at radius 1 is 1.30 bits per heavy atom. The van der Waals surface area contributed by atoms with Crippen LogP contribution < -0.4 is 5.32 Å². The van der Waals surface area contributed by atoms with E-state index in [0.717, 1.165) is 38.4 Å². The van der Waals surface area contributed by atoms with E-state index < -0.39 is 0 Å². The van der Waals surface area contributed by atoms with E-state index in [9.17, 15) is 0 Å². The number of fused-ring (bicyclic) bond motifs is 5. The third kappa shape index (κ3) is 3.28. The minimum atomic E-state index is -0.195. The topological polar surface area (TPSA) is 80.2 Å². The number of aromatic nitrogens is 3. The summed E-state index contributed by atoms with van der Waals surface area (Å²) in [6.07, 6.45) is 3.15. The van der Waals surface area contributed by atoms with Crippen molar-refractivity contribution in [3.05, 3.63) is 23.1 Å². The molecule has 1 aliphatic heterocycles. The molecule has 0 atom stereocenters. The quantitative estimate of drug-likeness (QED) is 0.645. The summed E-state index contributed by atoms with van der Waals surface area (Å²) >= 11 is 1.65. The number of pyridine rings is 1. The third-order valence-electron chi connectivity index (χ3n) is 5.03. The Morgan fingerprint density at radius 2 is 2.11 bits per heavy atom. The van der Waals surface area contributed by atoms with Crippen LogP contribution in [-0.4, -0.2) is 38.8 Å². The molecule has 6 nitrogen and oxygen atoms in total. The number of aliphatic hydroxyl groups excluding tert-OH is 1. The van der Waals surface area contributed by atoms with E-state index >= 15 is 0 Å². The molecule has 0 amide bonds. The van der Waals surface area contributed by atoms with Crippen LogP contribution in [0.25, 0.3) is 20.4 Å². The molecule has 0 bridgehead atoms. The minimum Gasteiger partial charge on any atom is -0.396 e. The predicted octanol–water partition coefficient (Wildman–Crippen LogP) is 4.01. The molecule has 1 aliphatic rings. The minimum absolute atomic E-state index is 0.162. The molecule has 4 rings (SSSR count). The van der Waals surface area contributed by atoms with Gasteiger partial charge in [0.1, 0.15) is 17.0 Å². The van der Waals surface area contributed by atoms with Crippen LogP contribution >= 0.6 is 11.3 Å². The Balaban J connectivity index is 1.96. The second-order valence-electron chi connectivity index (χ2n) is 8.02. The van der Waals surface area contributed by atoms with E-state index in [1.54, 1.807) is 17.7 Å². The first-order valence-electron chi connectivity index (χ1n) is 9.49. The fourth-order valence-corrected chi connectivity index (χ4v) is 4.85. The van der Waals surface area contributed by atoms with Crippen molar-refractivity contribution < 1.29 is 9.84 Å². The highest BCUT2D eigenvalue weighted by Gasteiger charge is 2.32. The molecule has 0 spiro atoms. The van der Waals surface area contributed by atoms with Gasteiger partial charge in [-0.1, -0.05) is 13.8 Å². The first-order chi connectivity index (χ1) is 12.9. The SMILES string of the molecule is CC(C)c1nc2sc3c(NCCCO)ncnc3c2c2c1COC(C)(C)C2. The number of nitrogens with zero attached hydrogens (tertiary/aromatic N) is 3. The van der Waals surface area contributed by atoms with E-state index in [4.69, 9.17) is 14.8 Å². The predicted molar refractivity (Wildman–Crippen MR) is 110 cm³/mol. The molecule has 0 unspecified atom stereocenters. The number of nitrogens with one attached hydrogen (secondary N) is 1. The lowest BCUT2D eigenvalue weighted by Crippen LogP contribution is -2.32. The molecule has 0 saturated carbocycles. The van der Waals surface area contributed by atoms with Crippen molar-refractivity contribution in [3.8, 4) is 0 Å². The van der Waals surface area contributed by atoms with Gasteiger partial charge in [-0.3, -0.25) is 0 Å². The maximum atomic E-state index is 9.04. The Bertz CT molecular complexity index is 997. The second-order valence-corrected chi connectivity index (χ2v) is 9.02. The van der Waals surface area contributed by atoms with Gasteiger partial charge in [0.25, 0.3) is 0 Å². The number of ether oxygens (including phenoxy) is 1. The van der Waals surface area contributed by atoms with Crippen LogP contribution in [0.15, 0.2) is 6.33 Å². The maximum Gasteiger partial charge on any atom is 0.147 e. The summed E-state index contributed by atoms with van der Waals surface area (Å²) in [5.74, 6) is 1.16. The van der Waals surface area contributed by atoms with Crippen LogP contribution in [0.3, 0.4) is 0 Å². The summed E-state index contributed by atoms with van der Waals surface area (Å²) in [5.41, 5.74) is 4.45. The highest BCUT2D eigenvalue weighted by molar-refractivity contribution is 7.26. The molecule has 3 aromatic rings.